The molecule has 0 radical (unpaired) electrons. The number of nitrogens with one attached hydrogen (secondary N) is 1. The van der Waals surface area contributed by atoms with Gasteiger partial charge in [0.05, 0.1) is 19.9 Å². The summed E-state index contributed by atoms with van der Waals surface area (Å²) in [5.74, 6) is 1.11. The van der Waals surface area contributed by atoms with Crippen LogP contribution in [0.2, 0.25) is 0 Å². The highest BCUT2D eigenvalue weighted by atomic mass is 16.5. The lowest BCUT2D eigenvalue weighted by Gasteiger charge is -2.28. The summed E-state index contributed by atoms with van der Waals surface area (Å²) in [5, 5.41) is 2.83. The van der Waals surface area contributed by atoms with E-state index in [1.807, 2.05) is 13.0 Å². The maximum Gasteiger partial charge on any atom is 0.265 e. The van der Waals surface area contributed by atoms with Gasteiger partial charge in [-0.2, -0.15) is 0 Å². The van der Waals surface area contributed by atoms with Gasteiger partial charge in [-0.15, -0.1) is 0 Å². The lowest BCUT2D eigenvalue weighted by atomic mass is 10.1. The first-order valence-corrected chi connectivity index (χ1v) is 8.08. The highest BCUT2D eigenvalue weighted by Crippen LogP contribution is 2.34. The van der Waals surface area contributed by atoms with Crippen molar-refractivity contribution in [2.24, 2.45) is 0 Å². The molecule has 2 amide bonds. The number of nitrogens with zero attached hydrogens (tertiary/aromatic N) is 1. The van der Waals surface area contributed by atoms with E-state index >= 15 is 0 Å². The van der Waals surface area contributed by atoms with Crippen LogP contribution in [0.3, 0.4) is 0 Å². The zero-order valence-corrected chi connectivity index (χ0v) is 14.9. The maximum atomic E-state index is 12.5. The Bertz CT molecular complexity index is 850. The van der Waals surface area contributed by atoms with Crippen LogP contribution in [0.4, 0.5) is 11.4 Å². The summed E-state index contributed by atoms with van der Waals surface area (Å²) >= 11 is 0. The Morgan fingerprint density at radius 1 is 1.19 bits per heavy atom. The average molecular weight is 356 g/mol. The topological polar surface area (TPSA) is 77.1 Å². The average Bonchev–Trinajstić information content (AvgIpc) is 2.65. The molecule has 7 nitrogen and oxygen atoms in total. The smallest absolute Gasteiger partial charge is 0.265 e. The molecule has 1 N–H and O–H groups in total. The number of aryl methyl sites for hydroxylation is 1. The summed E-state index contributed by atoms with van der Waals surface area (Å²) in [6.45, 7) is 1.67. The van der Waals surface area contributed by atoms with Crippen LogP contribution in [0.1, 0.15) is 5.56 Å². The predicted molar refractivity (Wildman–Crippen MR) is 97.2 cm³/mol. The monoisotopic (exact) mass is 356 g/mol. The molecule has 2 aromatic carbocycles. The molecule has 26 heavy (non-hydrogen) atoms. The van der Waals surface area contributed by atoms with Crippen LogP contribution in [0.25, 0.3) is 0 Å². The van der Waals surface area contributed by atoms with Crippen molar-refractivity contribution in [1.82, 2.24) is 0 Å². The zero-order valence-electron chi connectivity index (χ0n) is 14.9. The number of carbonyl (C=O) groups excluding carboxylic acids is 2. The molecule has 0 aliphatic carbocycles. The highest BCUT2D eigenvalue weighted by molar-refractivity contribution is 6.05. The van der Waals surface area contributed by atoms with E-state index in [1.165, 1.54) is 12.0 Å². The quantitative estimate of drug-likeness (QED) is 0.890. The first-order valence-electron chi connectivity index (χ1n) is 8.08. The second-order valence-electron chi connectivity index (χ2n) is 5.81. The summed E-state index contributed by atoms with van der Waals surface area (Å²) in [6.07, 6.45) is 0. The minimum Gasteiger partial charge on any atom is -0.493 e. The van der Waals surface area contributed by atoms with E-state index in [-0.39, 0.29) is 25.0 Å². The van der Waals surface area contributed by atoms with Crippen molar-refractivity contribution in [2.45, 2.75) is 6.92 Å². The number of benzene rings is 2. The number of fused-ring (bicyclic) bond motifs is 1. The lowest BCUT2D eigenvalue weighted by molar-refractivity contribution is -0.123. The van der Waals surface area contributed by atoms with Gasteiger partial charge < -0.3 is 19.5 Å². The van der Waals surface area contributed by atoms with Crippen molar-refractivity contribution in [3.8, 4) is 17.2 Å². The number of methoxy groups -OCH3 is 2. The Balaban J connectivity index is 1.79. The Morgan fingerprint density at radius 2 is 1.88 bits per heavy atom. The molecule has 0 saturated heterocycles. The van der Waals surface area contributed by atoms with Gasteiger partial charge in [0.25, 0.3) is 5.91 Å². The second-order valence-corrected chi connectivity index (χ2v) is 5.81. The van der Waals surface area contributed by atoms with Gasteiger partial charge in [-0.05, 0) is 30.7 Å². The maximum absolute atomic E-state index is 12.5. The van der Waals surface area contributed by atoms with Gasteiger partial charge in [0.15, 0.2) is 18.1 Å². The number of ether oxygens (including phenoxy) is 3. The molecular formula is C19H20N2O5. The number of anilines is 2. The summed E-state index contributed by atoms with van der Waals surface area (Å²) in [6, 6.07) is 10.6. The Labute approximate surface area is 151 Å². The molecule has 1 aliphatic heterocycles. The Hall–Kier alpha value is -3.22. The molecule has 1 heterocycles. The third kappa shape index (κ3) is 3.42. The summed E-state index contributed by atoms with van der Waals surface area (Å²) < 4.78 is 15.9. The molecule has 0 bridgehead atoms. The summed E-state index contributed by atoms with van der Waals surface area (Å²) in [7, 11) is 3.08. The van der Waals surface area contributed by atoms with Crippen LogP contribution in [0, 0.1) is 6.92 Å². The fraction of sp³-hybridized carbons (Fsp3) is 0.263. The molecule has 0 fully saturated rings. The second kappa shape index (κ2) is 7.35. The number of hydrogen-bond acceptors (Lipinski definition) is 5. The molecule has 1 aliphatic rings. The molecule has 0 atom stereocenters. The largest absolute Gasteiger partial charge is 0.493 e. The highest BCUT2D eigenvalue weighted by Gasteiger charge is 2.27. The van der Waals surface area contributed by atoms with Crippen molar-refractivity contribution < 1.29 is 23.8 Å². The van der Waals surface area contributed by atoms with E-state index in [4.69, 9.17) is 14.2 Å². The third-order valence-corrected chi connectivity index (χ3v) is 4.11. The van der Waals surface area contributed by atoms with Crippen LogP contribution in [0.5, 0.6) is 17.2 Å². The molecular weight excluding hydrogens is 336 g/mol. The van der Waals surface area contributed by atoms with Gasteiger partial charge in [-0.1, -0.05) is 12.1 Å². The fourth-order valence-corrected chi connectivity index (χ4v) is 2.78. The summed E-state index contributed by atoms with van der Waals surface area (Å²) in [5.41, 5.74) is 2.01. The van der Waals surface area contributed by atoms with Crippen molar-refractivity contribution in [3.63, 3.8) is 0 Å². The first kappa shape index (κ1) is 17.6. The number of hydrogen-bond donors (Lipinski definition) is 1. The van der Waals surface area contributed by atoms with Gasteiger partial charge >= 0.3 is 0 Å². The molecule has 0 aromatic heterocycles. The van der Waals surface area contributed by atoms with E-state index in [2.05, 4.69) is 5.32 Å². The van der Waals surface area contributed by atoms with E-state index < -0.39 is 0 Å². The van der Waals surface area contributed by atoms with Crippen molar-refractivity contribution in [1.29, 1.82) is 0 Å². The zero-order chi connectivity index (χ0) is 18.7. The minimum atomic E-state index is -0.314. The molecule has 136 valence electrons. The van der Waals surface area contributed by atoms with Crippen LogP contribution in [0.15, 0.2) is 36.4 Å². The van der Waals surface area contributed by atoms with E-state index in [9.17, 15) is 9.59 Å². The molecule has 0 unspecified atom stereocenters. The molecule has 3 rings (SSSR count). The molecule has 2 aromatic rings. The van der Waals surface area contributed by atoms with Crippen LogP contribution < -0.4 is 24.4 Å². The fourth-order valence-electron chi connectivity index (χ4n) is 2.78. The van der Waals surface area contributed by atoms with E-state index in [1.54, 1.807) is 37.4 Å². The number of para-hydroxylation sites is 2. The predicted octanol–water partition coefficient (Wildman–Crippen LogP) is 2.38. The number of amides is 2. The molecule has 7 heteroatoms. The SMILES string of the molecule is COc1cc(C)c(NC(=O)CN2C(=O)COc3ccccc32)cc1OC. The van der Waals surface area contributed by atoms with Gasteiger partial charge in [-0.25, -0.2) is 0 Å². The minimum absolute atomic E-state index is 0.0837. The van der Waals surface area contributed by atoms with Gasteiger partial charge in [0.1, 0.15) is 12.3 Å². The number of carbonyl (C=O) groups is 2. The van der Waals surface area contributed by atoms with Crippen molar-refractivity contribution in [3.05, 3.63) is 42.0 Å². The van der Waals surface area contributed by atoms with Crippen LogP contribution >= 0.6 is 0 Å². The standard InChI is InChI=1S/C19H20N2O5/c1-12-8-16(24-2)17(25-3)9-13(12)20-18(22)10-21-14-6-4-5-7-15(14)26-11-19(21)23/h4-9H,10-11H2,1-3H3,(H,20,22). The van der Waals surface area contributed by atoms with E-state index in [0.29, 0.717) is 28.6 Å². The molecule has 0 saturated carbocycles. The van der Waals surface area contributed by atoms with Crippen molar-refractivity contribution in [2.75, 3.05) is 37.6 Å². The van der Waals surface area contributed by atoms with Crippen LogP contribution in [-0.4, -0.2) is 39.2 Å². The summed E-state index contributed by atoms with van der Waals surface area (Å²) in [4.78, 5) is 26.1. The third-order valence-electron chi connectivity index (χ3n) is 4.11. The van der Waals surface area contributed by atoms with Gasteiger partial charge in [0.2, 0.25) is 5.91 Å². The molecule has 0 spiro atoms. The Kier molecular flexibility index (Phi) is 4.97. The Morgan fingerprint density at radius 3 is 2.62 bits per heavy atom. The first-order chi connectivity index (χ1) is 12.5. The van der Waals surface area contributed by atoms with Gasteiger partial charge in [-0.3, -0.25) is 14.5 Å². The van der Waals surface area contributed by atoms with E-state index in [0.717, 1.165) is 5.56 Å². The van der Waals surface area contributed by atoms with Gasteiger partial charge in [0, 0.05) is 11.8 Å². The number of rotatable bonds is 5. The van der Waals surface area contributed by atoms with Crippen LogP contribution in [-0.2, 0) is 9.59 Å². The normalized spacial score (nSPS) is 12.9. The van der Waals surface area contributed by atoms with Crippen molar-refractivity contribution >= 4 is 23.2 Å². The lowest BCUT2D eigenvalue weighted by Crippen LogP contribution is -2.43.